The zero-order valence-corrected chi connectivity index (χ0v) is 11.2. The van der Waals surface area contributed by atoms with Crippen LogP contribution >= 0.6 is 0 Å². The van der Waals surface area contributed by atoms with Gasteiger partial charge in [-0.1, -0.05) is 42.4 Å². The molecule has 0 spiro atoms. The van der Waals surface area contributed by atoms with Gasteiger partial charge in [0.1, 0.15) is 0 Å². The van der Waals surface area contributed by atoms with Crippen molar-refractivity contribution in [2.45, 2.75) is 32.2 Å². The summed E-state index contributed by atoms with van der Waals surface area (Å²) in [5.74, 6) is 1.61. The summed E-state index contributed by atoms with van der Waals surface area (Å²) >= 11 is 0. The number of nitrogens with zero attached hydrogens (tertiary/aromatic N) is 3. The van der Waals surface area contributed by atoms with Crippen molar-refractivity contribution in [2.24, 2.45) is 0 Å². The van der Waals surface area contributed by atoms with Gasteiger partial charge in [0, 0.05) is 13.0 Å². The Hall–Kier alpha value is -1.68. The second kappa shape index (κ2) is 5.53. The highest BCUT2D eigenvalue weighted by atomic mass is 16.5. The number of hydrogen-bond donors (Lipinski definition) is 0. The van der Waals surface area contributed by atoms with Crippen LogP contribution in [0, 0.1) is 0 Å². The van der Waals surface area contributed by atoms with Crippen LogP contribution < -0.4 is 0 Å². The summed E-state index contributed by atoms with van der Waals surface area (Å²) < 4.78 is 5.39. The van der Waals surface area contributed by atoms with Gasteiger partial charge >= 0.3 is 0 Å². The number of hydrogen-bond acceptors (Lipinski definition) is 4. The fourth-order valence-electron chi connectivity index (χ4n) is 2.50. The molecule has 0 N–H and O–H groups in total. The molecular formula is C15H19N3O. The van der Waals surface area contributed by atoms with E-state index in [1.165, 1.54) is 5.56 Å². The van der Waals surface area contributed by atoms with Gasteiger partial charge in [0.2, 0.25) is 5.89 Å². The summed E-state index contributed by atoms with van der Waals surface area (Å²) in [4.78, 5) is 6.88. The van der Waals surface area contributed by atoms with Crippen LogP contribution in [0.4, 0.5) is 0 Å². The van der Waals surface area contributed by atoms with Crippen molar-refractivity contribution in [3.8, 4) is 0 Å². The molecule has 1 aliphatic rings. The van der Waals surface area contributed by atoms with Crippen molar-refractivity contribution in [1.82, 2.24) is 15.0 Å². The van der Waals surface area contributed by atoms with Gasteiger partial charge in [0.05, 0.1) is 6.04 Å². The summed E-state index contributed by atoms with van der Waals surface area (Å²) in [6.45, 7) is 4.36. The normalized spacial score (nSPS) is 19.3. The first-order chi connectivity index (χ1) is 9.36. The molecule has 2 heterocycles. The van der Waals surface area contributed by atoms with Gasteiger partial charge < -0.3 is 4.52 Å². The third-order valence-corrected chi connectivity index (χ3v) is 3.79. The maximum atomic E-state index is 5.39. The number of rotatable bonds is 5. The highest BCUT2D eigenvalue weighted by molar-refractivity contribution is 5.15. The molecule has 1 saturated heterocycles. The van der Waals surface area contributed by atoms with Crippen molar-refractivity contribution >= 4 is 0 Å². The predicted molar refractivity (Wildman–Crippen MR) is 72.8 cm³/mol. The van der Waals surface area contributed by atoms with E-state index in [0.29, 0.717) is 6.04 Å². The van der Waals surface area contributed by atoms with E-state index in [1.807, 2.05) is 6.07 Å². The largest absolute Gasteiger partial charge is 0.338 e. The second-order valence-corrected chi connectivity index (χ2v) is 4.97. The molecule has 0 saturated carbocycles. The summed E-state index contributed by atoms with van der Waals surface area (Å²) in [5.41, 5.74) is 1.31. The molecule has 0 bridgehead atoms. The van der Waals surface area contributed by atoms with Gasteiger partial charge in [-0.2, -0.15) is 4.98 Å². The molecule has 4 nitrogen and oxygen atoms in total. The van der Waals surface area contributed by atoms with Crippen LogP contribution in [0.5, 0.6) is 0 Å². The number of aryl methyl sites for hydroxylation is 2. The molecule has 0 radical (unpaired) electrons. The fraction of sp³-hybridized carbons (Fsp3) is 0.467. The first-order valence-corrected chi connectivity index (χ1v) is 6.97. The Balaban J connectivity index is 1.59. The third-order valence-electron chi connectivity index (χ3n) is 3.79. The molecule has 0 amide bonds. The first kappa shape index (κ1) is 12.4. The Morgan fingerprint density at radius 2 is 2.11 bits per heavy atom. The van der Waals surface area contributed by atoms with Crippen molar-refractivity contribution in [3.05, 3.63) is 47.6 Å². The van der Waals surface area contributed by atoms with Gasteiger partial charge in [-0.3, -0.25) is 4.90 Å². The molecule has 19 heavy (non-hydrogen) atoms. The molecule has 1 atom stereocenters. The zero-order valence-electron chi connectivity index (χ0n) is 11.2. The highest BCUT2D eigenvalue weighted by Crippen LogP contribution is 2.31. The SMILES string of the molecule is CCN1CCC1c1nc(CCc2ccccc2)no1. The van der Waals surface area contributed by atoms with E-state index in [9.17, 15) is 0 Å². The molecule has 1 aromatic heterocycles. The molecule has 2 aromatic rings. The quantitative estimate of drug-likeness (QED) is 0.825. The molecular weight excluding hydrogens is 238 g/mol. The Bertz CT molecular complexity index is 521. The maximum absolute atomic E-state index is 5.39. The summed E-state index contributed by atoms with van der Waals surface area (Å²) in [7, 11) is 0. The van der Waals surface area contributed by atoms with Gasteiger partial charge in [-0.15, -0.1) is 0 Å². The minimum Gasteiger partial charge on any atom is -0.338 e. The summed E-state index contributed by atoms with van der Waals surface area (Å²) in [6.07, 6.45) is 2.93. The van der Waals surface area contributed by atoms with E-state index in [0.717, 1.165) is 44.1 Å². The van der Waals surface area contributed by atoms with Crippen LogP contribution in [0.3, 0.4) is 0 Å². The first-order valence-electron chi connectivity index (χ1n) is 6.97. The van der Waals surface area contributed by atoms with E-state index in [-0.39, 0.29) is 0 Å². The maximum Gasteiger partial charge on any atom is 0.244 e. The Labute approximate surface area is 113 Å². The Morgan fingerprint density at radius 3 is 2.79 bits per heavy atom. The van der Waals surface area contributed by atoms with Crippen LogP contribution in [0.1, 0.15) is 36.7 Å². The Morgan fingerprint density at radius 1 is 1.26 bits per heavy atom. The topological polar surface area (TPSA) is 42.2 Å². The smallest absolute Gasteiger partial charge is 0.244 e. The third kappa shape index (κ3) is 2.68. The number of benzene rings is 1. The Kier molecular flexibility index (Phi) is 3.60. The summed E-state index contributed by atoms with van der Waals surface area (Å²) in [5, 5.41) is 4.09. The second-order valence-electron chi connectivity index (χ2n) is 4.97. The van der Waals surface area contributed by atoms with E-state index < -0.39 is 0 Å². The van der Waals surface area contributed by atoms with Crippen molar-refractivity contribution in [3.63, 3.8) is 0 Å². The van der Waals surface area contributed by atoms with E-state index in [2.05, 4.69) is 46.2 Å². The average Bonchev–Trinajstić information content (AvgIpc) is 2.85. The molecule has 1 unspecified atom stereocenters. The van der Waals surface area contributed by atoms with Crippen molar-refractivity contribution in [2.75, 3.05) is 13.1 Å². The molecule has 1 aromatic carbocycles. The molecule has 0 aliphatic carbocycles. The molecule has 1 aliphatic heterocycles. The molecule has 100 valence electrons. The van der Waals surface area contributed by atoms with Crippen LogP contribution in [-0.2, 0) is 12.8 Å². The summed E-state index contributed by atoms with van der Waals surface area (Å²) in [6, 6.07) is 10.8. The van der Waals surface area contributed by atoms with E-state index in [4.69, 9.17) is 4.52 Å². The molecule has 1 fully saturated rings. The van der Waals surface area contributed by atoms with Gasteiger partial charge in [0.25, 0.3) is 0 Å². The van der Waals surface area contributed by atoms with Gasteiger partial charge in [0.15, 0.2) is 5.82 Å². The number of likely N-dealkylation sites (tertiary alicyclic amines) is 1. The molecule has 4 heteroatoms. The standard InChI is InChI=1S/C15H19N3O/c1-2-18-11-10-13(18)15-16-14(17-19-15)9-8-12-6-4-3-5-7-12/h3-7,13H,2,8-11H2,1H3. The van der Waals surface area contributed by atoms with Crippen molar-refractivity contribution in [1.29, 1.82) is 0 Å². The zero-order chi connectivity index (χ0) is 13.1. The lowest BCUT2D eigenvalue weighted by molar-refractivity contribution is 0.0705. The van der Waals surface area contributed by atoms with Gasteiger partial charge in [-0.05, 0) is 24.9 Å². The van der Waals surface area contributed by atoms with Crippen LogP contribution in [0.2, 0.25) is 0 Å². The van der Waals surface area contributed by atoms with E-state index >= 15 is 0 Å². The predicted octanol–water partition coefficient (Wildman–Crippen LogP) is 2.62. The highest BCUT2D eigenvalue weighted by Gasteiger charge is 2.32. The minimum absolute atomic E-state index is 0.350. The lowest BCUT2D eigenvalue weighted by atomic mass is 10.0. The minimum atomic E-state index is 0.350. The van der Waals surface area contributed by atoms with Crippen molar-refractivity contribution < 1.29 is 4.52 Å². The lowest BCUT2D eigenvalue weighted by Crippen LogP contribution is -2.40. The van der Waals surface area contributed by atoms with Crippen LogP contribution in [0.15, 0.2) is 34.9 Å². The monoisotopic (exact) mass is 257 g/mol. The van der Waals surface area contributed by atoms with Crippen LogP contribution in [-0.4, -0.2) is 28.1 Å². The lowest BCUT2D eigenvalue weighted by Gasteiger charge is -2.37. The fourth-order valence-corrected chi connectivity index (χ4v) is 2.50. The molecule has 3 rings (SSSR count). The average molecular weight is 257 g/mol. The van der Waals surface area contributed by atoms with Gasteiger partial charge in [-0.25, -0.2) is 0 Å². The number of aromatic nitrogens is 2. The van der Waals surface area contributed by atoms with E-state index in [1.54, 1.807) is 0 Å². The van der Waals surface area contributed by atoms with Crippen LogP contribution in [0.25, 0.3) is 0 Å².